The number of nitrogens with zero attached hydrogens (tertiary/aromatic N) is 2. The molecular formula is C16H19N3O3. The van der Waals surface area contributed by atoms with E-state index in [2.05, 4.69) is 10.4 Å². The Labute approximate surface area is 129 Å². The van der Waals surface area contributed by atoms with Gasteiger partial charge in [-0.2, -0.15) is 5.10 Å². The van der Waals surface area contributed by atoms with Gasteiger partial charge in [0.25, 0.3) is 0 Å². The molecule has 1 aromatic carbocycles. The second-order valence-corrected chi connectivity index (χ2v) is 5.26. The zero-order valence-electron chi connectivity index (χ0n) is 12.5. The van der Waals surface area contributed by atoms with E-state index in [-0.39, 0.29) is 18.4 Å². The fourth-order valence-electron chi connectivity index (χ4n) is 2.56. The van der Waals surface area contributed by atoms with Crippen molar-refractivity contribution in [1.82, 2.24) is 9.78 Å². The maximum Gasteiger partial charge on any atom is 0.229 e. The Kier molecular flexibility index (Phi) is 4.39. The molecule has 1 atom stereocenters. The number of carbonyl (C=O) groups is 1. The molecule has 1 saturated heterocycles. The number of hydrogen-bond acceptors (Lipinski definition) is 4. The highest BCUT2D eigenvalue weighted by atomic mass is 16.5. The Morgan fingerprint density at radius 3 is 3.14 bits per heavy atom. The van der Waals surface area contributed by atoms with Crippen LogP contribution in [-0.4, -0.2) is 36.0 Å². The first-order chi connectivity index (χ1) is 10.8. The van der Waals surface area contributed by atoms with Gasteiger partial charge in [0.05, 0.1) is 38.1 Å². The standard InChI is InChI=1S/C16H19N3O3/c1-21-15-5-3-2-4-12(15)8-16(20)18-13-9-17-19(10-13)14-6-7-22-11-14/h2-5,9-10,14H,6-8,11H2,1H3,(H,18,20)/t14-/m1/s1. The number of carbonyl (C=O) groups excluding carboxylic acids is 1. The van der Waals surface area contributed by atoms with Gasteiger partial charge < -0.3 is 14.8 Å². The Balaban J connectivity index is 1.62. The van der Waals surface area contributed by atoms with Crippen LogP contribution >= 0.6 is 0 Å². The number of nitrogens with one attached hydrogen (secondary N) is 1. The molecule has 22 heavy (non-hydrogen) atoms. The van der Waals surface area contributed by atoms with E-state index in [1.54, 1.807) is 13.3 Å². The minimum absolute atomic E-state index is 0.0910. The first-order valence-corrected chi connectivity index (χ1v) is 7.30. The van der Waals surface area contributed by atoms with Gasteiger partial charge in [-0.1, -0.05) is 18.2 Å². The van der Waals surface area contributed by atoms with E-state index in [1.165, 1.54) is 0 Å². The third-order valence-corrected chi connectivity index (χ3v) is 3.71. The highest BCUT2D eigenvalue weighted by molar-refractivity contribution is 5.92. The zero-order chi connectivity index (χ0) is 15.4. The number of hydrogen-bond donors (Lipinski definition) is 1. The lowest BCUT2D eigenvalue weighted by atomic mass is 10.1. The average Bonchev–Trinajstić information content (AvgIpc) is 3.18. The van der Waals surface area contributed by atoms with Gasteiger partial charge in [0.15, 0.2) is 0 Å². The number of amides is 1. The summed E-state index contributed by atoms with van der Waals surface area (Å²) in [5.41, 5.74) is 1.56. The van der Waals surface area contributed by atoms with Crippen LogP contribution < -0.4 is 10.1 Å². The number of methoxy groups -OCH3 is 1. The number of anilines is 1. The van der Waals surface area contributed by atoms with E-state index in [1.807, 2.05) is 35.1 Å². The smallest absolute Gasteiger partial charge is 0.229 e. The van der Waals surface area contributed by atoms with Gasteiger partial charge >= 0.3 is 0 Å². The molecule has 1 amide bonds. The van der Waals surface area contributed by atoms with Crippen LogP contribution in [0.4, 0.5) is 5.69 Å². The van der Waals surface area contributed by atoms with Crippen molar-refractivity contribution in [2.45, 2.75) is 18.9 Å². The molecule has 2 aromatic rings. The molecule has 0 unspecified atom stereocenters. The van der Waals surface area contributed by atoms with Crippen molar-refractivity contribution in [2.24, 2.45) is 0 Å². The maximum absolute atomic E-state index is 12.2. The summed E-state index contributed by atoms with van der Waals surface area (Å²) in [5, 5.41) is 7.16. The van der Waals surface area contributed by atoms with Gasteiger partial charge in [0.1, 0.15) is 5.75 Å². The van der Waals surface area contributed by atoms with Gasteiger partial charge in [-0.3, -0.25) is 9.48 Å². The molecule has 1 aliphatic rings. The van der Waals surface area contributed by atoms with E-state index in [0.29, 0.717) is 12.3 Å². The van der Waals surface area contributed by atoms with E-state index >= 15 is 0 Å². The quantitative estimate of drug-likeness (QED) is 0.918. The largest absolute Gasteiger partial charge is 0.496 e. The van der Waals surface area contributed by atoms with E-state index in [4.69, 9.17) is 9.47 Å². The summed E-state index contributed by atoms with van der Waals surface area (Å²) in [4.78, 5) is 12.2. The van der Waals surface area contributed by atoms with Crippen LogP contribution in [0, 0.1) is 0 Å². The first-order valence-electron chi connectivity index (χ1n) is 7.30. The predicted octanol–water partition coefficient (Wildman–Crippen LogP) is 2.03. The number of aromatic nitrogens is 2. The summed E-state index contributed by atoms with van der Waals surface area (Å²) in [6, 6.07) is 7.77. The summed E-state index contributed by atoms with van der Waals surface area (Å²) >= 11 is 0. The van der Waals surface area contributed by atoms with Gasteiger partial charge in [-0.05, 0) is 12.5 Å². The fraction of sp³-hybridized carbons (Fsp3) is 0.375. The number of para-hydroxylation sites is 1. The van der Waals surface area contributed by atoms with Crippen LogP contribution in [0.5, 0.6) is 5.75 Å². The minimum atomic E-state index is -0.0910. The van der Waals surface area contributed by atoms with Crippen LogP contribution in [-0.2, 0) is 16.0 Å². The summed E-state index contributed by atoms with van der Waals surface area (Å²) in [5.74, 6) is 0.628. The lowest BCUT2D eigenvalue weighted by molar-refractivity contribution is -0.115. The Morgan fingerprint density at radius 2 is 2.36 bits per heavy atom. The van der Waals surface area contributed by atoms with Crippen LogP contribution in [0.25, 0.3) is 0 Å². The molecule has 2 heterocycles. The third-order valence-electron chi connectivity index (χ3n) is 3.71. The first kappa shape index (κ1) is 14.6. The van der Waals surface area contributed by atoms with Crippen LogP contribution in [0.2, 0.25) is 0 Å². The molecule has 0 radical (unpaired) electrons. The molecule has 1 fully saturated rings. The summed E-state index contributed by atoms with van der Waals surface area (Å²) < 4.78 is 12.5. The monoisotopic (exact) mass is 301 g/mol. The molecule has 116 valence electrons. The normalized spacial score (nSPS) is 17.4. The third kappa shape index (κ3) is 3.28. The maximum atomic E-state index is 12.2. The number of benzene rings is 1. The van der Waals surface area contributed by atoms with E-state index < -0.39 is 0 Å². The molecule has 6 nitrogen and oxygen atoms in total. The van der Waals surface area contributed by atoms with E-state index in [0.717, 1.165) is 24.3 Å². The van der Waals surface area contributed by atoms with Gasteiger partial charge in [-0.15, -0.1) is 0 Å². The summed E-state index contributed by atoms with van der Waals surface area (Å²) in [6.45, 7) is 1.44. The topological polar surface area (TPSA) is 65.4 Å². The molecule has 6 heteroatoms. The predicted molar refractivity (Wildman–Crippen MR) is 82.0 cm³/mol. The van der Waals surface area contributed by atoms with Crippen molar-refractivity contribution in [2.75, 3.05) is 25.6 Å². The molecule has 1 aromatic heterocycles. The number of rotatable bonds is 5. The molecular weight excluding hydrogens is 282 g/mol. The molecule has 1 N–H and O–H groups in total. The molecule has 1 aliphatic heterocycles. The Bertz CT molecular complexity index is 648. The molecule has 0 saturated carbocycles. The minimum Gasteiger partial charge on any atom is -0.496 e. The van der Waals surface area contributed by atoms with Crippen LogP contribution in [0.15, 0.2) is 36.7 Å². The molecule has 0 bridgehead atoms. The van der Waals surface area contributed by atoms with Crippen molar-refractivity contribution in [3.8, 4) is 5.75 Å². The lowest BCUT2D eigenvalue weighted by Crippen LogP contribution is -2.14. The fourth-order valence-corrected chi connectivity index (χ4v) is 2.56. The average molecular weight is 301 g/mol. The molecule has 0 aliphatic carbocycles. The zero-order valence-corrected chi connectivity index (χ0v) is 12.5. The SMILES string of the molecule is COc1ccccc1CC(=O)Nc1cnn([C@@H]2CCOC2)c1. The van der Waals surface area contributed by atoms with Crippen molar-refractivity contribution >= 4 is 11.6 Å². The van der Waals surface area contributed by atoms with Crippen molar-refractivity contribution in [3.05, 3.63) is 42.2 Å². The Morgan fingerprint density at radius 1 is 1.50 bits per heavy atom. The Hall–Kier alpha value is -2.34. The van der Waals surface area contributed by atoms with Crippen molar-refractivity contribution < 1.29 is 14.3 Å². The van der Waals surface area contributed by atoms with Gasteiger partial charge in [-0.25, -0.2) is 0 Å². The molecule has 0 spiro atoms. The summed E-state index contributed by atoms with van der Waals surface area (Å²) in [6.07, 6.45) is 4.73. The van der Waals surface area contributed by atoms with Gasteiger partial charge in [0.2, 0.25) is 5.91 Å². The van der Waals surface area contributed by atoms with Crippen LogP contribution in [0.3, 0.4) is 0 Å². The second kappa shape index (κ2) is 6.62. The summed E-state index contributed by atoms with van der Waals surface area (Å²) in [7, 11) is 1.60. The van der Waals surface area contributed by atoms with Crippen molar-refractivity contribution in [3.63, 3.8) is 0 Å². The molecule has 3 rings (SSSR count). The highest BCUT2D eigenvalue weighted by Gasteiger charge is 2.18. The van der Waals surface area contributed by atoms with Crippen LogP contribution in [0.1, 0.15) is 18.0 Å². The van der Waals surface area contributed by atoms with E-state index in [9.17, 15) is 4.79 Å². The second-order valence-electron chi connectivity index (χ2n) is 5.26. The number of ether oxygens (including phenoxy) is 2. The van der Waals surface area contributed by atoms with Crippen molar-refractivity contribution in [1.29, 1.82) is 0 Å². The van der Waals surface area contributed by atoms with Gasteiger partial charge in [0, 0.05) is 18.4 Å². The lowest BCUT2D eigenvalue weighted by Gasteiger charge is -2.08. The highest BCUT2D eigenvalue weighted by Crippen LogP contribution is 2.21.